The lowest BCUT2D eigenvalue weighted by Gasteiger charge is -2.05. The Morgan fingerprint density at radius 2 is 1.75 bits per heavy atom. The molecule has 84 valence electrons. The summed E-state index contributed by atoms with van der Waals surface area (Å²) in [5.41, 5.74) is 13.6. The second kappa shape index (κ2) is 3.73. The molecule has 0 amide bonds. The van der Waals surface area contributed by atoms with Crippen LogP contribution in [0.5, 0.6) is 0 Å². The predicted octanol–water partition coefficient (Wildman–Crippen LogP) is 0.688. The number of aromatic nitrogens is 3. The molecule has 0 aliphatic carbocycles. The molecule has 2 rings (SSSR count). The van der Waals surface area contributed by atoms with Crippen LogP contribution in [0.15, 0.2) is 18.2 Å². The van der Waals surface area contributed by atoms with Crippen molar-refractivity contribution in [2.24, 2.45) is 7.05 Å². The number of hydrogen-bond donors (Lipinski definition) is 3. The van der Waals surface area contributed by atoms with Crippen molar-refractivity contribution in [2.75, 3.05) is 23.8 Å². The van der Waals surface area contributed by atoms with Crippen molar-refractivity contribution in [1.82, 2.24) is 14.8 Å². The van der Waals surface area contributed by atoms with Gasteiger partial charge >= 0.3 is 0 Å². The largest absolute Gasteiger partial charge is 0.399 e. The van der Waals surface area contributed by atoms with E-state index in [1.807, 2.05) is 23.7 Å². The third-order valence-corrected chi connectivity index (χ3v) is 2.33. The Kier molecular flexibility index (Phi) is 2.40. The SMILES string of the molecule is CNc1nnc(-c2cc(N)cc(N)c2)n1C. The first-order chi connectivity index (χ1) is 7.61. The standard InChI is InChI=1S/C10H14N6/c1-13-10-15-14-9(16(10)2)6-3-7(11)5-8(12)4-6/h3-5H,11-12H2,1-2H3,(H,13,15). The average Bonchev–Trinajstić information content (AvgIpc) is 2.58. The van der Waals surface area contributed by atoms with Gasteiger partial charge < -0.3 is 16.8 Å². The Balaban J connectivity index is 2.54. The molecule has 1 heterocycles. The maximum Gasteiger partial charge on any atom is 0.224 e. The summed E-state index contributed by atoms with van der Waals surface area (Å²) in [7, 11) is 3.67. The lowest BCUT2D eigenvalue weighted by atomic mass is 10.1. The average molecular weight is 218 g/mol. The van der Waals surface area contributed by atoms with Crippen LogP contribution >= 0.6 is 0 Å². The summed E-state index contributed by atoms with van der Waals surface area (Å²) in [5.74, 6) is 1.42. The van der Waals surface area contributed by atoms with Crippen LogP contribution < -0.4 is 16.8 Å². The number of nitrogens with two attached hydrogens (primary N) is 2. The van der Waals surface area contributed by atoms with Crippen molar-refractivity contribution in [1.29, 1.82) is 0 Å². The van der Waals surface area contributed by atoms with Crippen LogP contribution in [0, 0.1) is 0 Å². The molecule has 5 N–H and O–H groups in total. The molecule has 0 fully saturated rings. The lowest BCUT2D eigenvalue weighted by molar-refractivity contribution is 0.925. The zero-order chi connectivity index (χ0) is 11.7. The zero-order valence-electron chi connectivity index (χ0n) is 9.23. The predicted molar refractivity (Wildman–Crippen MR) is 64.8 cm³/mol. The highest BCUT2D eigenvalue weighted by atomic mass is 15.3. The Labute approximate surface area is 93.3 Å². The first-order valence-electron chi connectivity index (χ1n) is 4.85. The van der Waals surface area contributed by atoms with Crippen LogP contribution in [0.25, 0.3) is 11.4 Å². The molecule has 0 atom stereocenters. The van der Waals surface area contributed by atoms with Gasteiger partial charge in [0.15, 0.2) is 5.82 Å². The highest BCUT2D eigenvalue weighted by Gasteiger charge is 2.10. The molecule has 2 aromatic rings. The van der Waals surface area contributed by atoms with E-state index in [-0.39, 0.29) is 0 Å². The second-order valence-corrected chi connectivity index (χ2v) is 3.54. The topological polar surface area (TPSA) is 94.8 Å². The fourth-order valence-electron chi connectivity index (χ4n) is 1.60. The van der Waals surface area contributed by atoms with Gasteiger partial charge in [0.2, 0.25) is 5.95 Å². The molecule has 1 aromatic carbocycles. The third kappa shape index (κ3) is 1.65. The van der Waals surface area contributed by atoms with Gasteiger partial charge in [-0.3, -0.25) is 4.57 Å². The molecule has 1 aromatic heterocycles. The minimum Gasteiger partial charge on any atom is -0.399 e. The van der Waals surface area contributed by atoms with Gasteiger partial charge in [0, 0.05) is 31.0 Å². The summed E-state index contributed by atoms with van der Waals surface area (Å²) in [5, 5.41) is 11.0. The van der Waals surface area contributed by atoms with Crippen molar-refractivity contribution in [2.45, 2.75) is 0 Å². The molecule has 0 aliphatic heterocycles. The normalized spacial score (nSPS) is 10.4. The zero-order valence-corrected chi connectivity index (χ0v) is 9.23. The van der Waals surface area contributed by atoms with E-state index in [9.17, 15) is 0 Å². The van der Waals surface area contributed by atoms with Gasteiger partial charge in [-0.25, -0.2) is 0 Å². The van der Waals surface area contributed by atoms with E-state index in [1.165, 1.54) is 0 Å². The third-order valence-electron chi connectivity index (χ3n) is 2.33. The molecule has 16 heavy (non-hydrogen) atoms. The monoisotopic (exact) mass is 218 g/mol. The molecule has 0 unspecified atom stereocenters. The van der Waals surface area contributed by atoms with E-state index in [4.69, 9.17) is 11.5 Å². The van der Waals surface area contributed by atoms with E-state index >= 15 is 0 Å². The minimum atomic E-state index is 0.615. The molecular weight excluding hydrogens is 204 g/mol. The number of benzene rings is 1. The molecule has 0 spiro atoms. The number of rotatable bonds is 2. The summed E-state index contributed by atoms with van der Waals surface area (Å²) in [4.78, 5) is 0. The van der Waals surface area contributed by atoms with Gasteiger partial charge in [-0.2, -0.15) is 0 Å². The highest BCUT2D eigenvalue weighted by Crippen LogP contribution is 2.24. The van der Waals surface area contributed by atoms with Crippen LogP contribution in [0.4, 0.5) is 17.3 Å². The van der Waals surface area contributed by atoms with Crippen molar-refractivity contribution in [3.05, 3.63) is 18.2 Å². The van der Waals surface area contributed by atoms with E-state index in [0.29, 0.717) is 17.3 Å². The smallest absolute Gasteiger partial charge is 0.224 e. The summed E-state index contributed by atoms with van der Waals surface area (Å²) >= 11 is 0. The number of nitrogens with zero attached hydrogens (tertiary/aromatic N) is 3. The lowest BCUT2D eigenvalue weighted by Crippen LogP contribution is -2.00. The molecule has 0 bridgehead atoms. The second-order valence-electron chi connectivity index (χ2n) is 3.54. The first-order valence-corrected chi connectivity index (χ1v) is 4.85. The number of hydrogen-bond acceptors (Lipinski definition) is 5. The summed E-state index contributed by atoms with van der Waals surface area (Å²) in [6.07, 6.45) is 0. The Hall–Kier alpha value is -2.24. The van der Waals surface area contributed by atoms with E-state index < -0.39 is 0 Å². The van der Waals surface area contributed by atoms with Crippen LogP contribution in [0.2, 0.25) is 0 Å². The van der Waals surface area contributed by atoms with Crippen LogP contribution in [0.3, 0.4) is 0 Å². The van der Waals surface area contributed by atoms with Gasteiger partial charge in [-0.1, -0.05) is 0 Å². The van der Waals surface area contributed by atoms with E-state index in [2.05, 4.69) is 15.5 Å². The molecule has 6 heteroatoms. The molecule has 0 saturated carbocycles. The molecular formula is C10H14N6. The molecule has 0 saturated heterocycles. The fraction of sp³-hybridized carbons (Fsp3) is 0.200. The van der Waals surface area contributed by atoms with Gasteiger partial charge in [0.05, 0.1) is 0 Å². The van der Waals surface area contributed by atoms with Gasteiger partial charge in [0.1, 0.15) is 0 Å². The minimum absolute atomic E-state index is 0.615. The van der Waals surface area contributed by atoms with Crippen LogP contribution in [-0.2, 0) is 7.05 Å². The summed E-state index contributed by atoms with van der Waals surface area (Å²) in [6.45, 7) is 0. The van der Waals surface area contributed by atoms with Crippen molar-refractivity contribution >= 4 is 17.3 Å². The molecule has 0 aliphatic rings. The van der Waals surface area contributed by atoms with Crippen LogP contribution in [0.1, 0.15) is 0 Å². The van der Waals surface area contributed by atoms with Crippen LogP contribution in [-0.4, -0.2) is 21.8 Å². The highest BCUT2D eigenvalue weighted by molar-refractivity contribution is 5.68. The molecule has 0 radical (unpaired) electrons. The number of nitrogen functional groups attached to an aromatic ring is 2. The quantitative estimate of drug-likeness (QED) is 0.644. The maximum atomic E-state index is 5.73. The first kappa shape index (κ1) is 10.3. The summed E-state index contributed by atoms with van der Waals surface area (Å²) in [6, 6.07) is 5.35. The Morgan fingerprint density at radius 1 is 1.12 bits per heavy atom. The molecule has 6 nitrogen and oxygen atoms in total. The van der Waals surface area contributed by atoms with Crippen molar-refractivity contribution in [3.8, 4) is 11.4 Å². The maximum absolute atomic E-state index is 5.73. The Morgan fingerprint density at radius 3 is 2.25 bits per heavy atom. The fourth-order valence-corrected chi connectivity index (χ4v) is 1.60. The van der Waals surface area contributed by atoms with E-state index in [1.54, 1.807) is 13.1 Å². The van der Waals surface area contributed by atoms with Gasteiger partial charge in [0.25, 0.3) is 0 Å². The summed E-state index contributed by atoms with van der Waals surface area (Å²) < 4.78 is 1.84. The van der Waals surface area contributed by atoms with Gasteiger partial charge in [-0.05, 0) is 18.2 Å². The number of anilines is 3. The Bertz CT molecular complexity index is 496. The number of nitrogens with one attached hydrogen (secondary N) is 1. The van der Waals surface area contributed by atoms with E-state index in [0.717, 1.165) is 11.4 Å². The van der Waals surface area contributed by atoms with Crippen molar-refractivity contribution in [3.63, 3.8) is 0 Å². The van der Waals surface area contributed by atoms with Gasteiger partial charge in [-0.15, -0.1) is 10.2 Å². The van der Waals surface area contributed by atoms with Crippen molar-refractivity contribution < 1.29 is 0 Å².